The Kier molecular flexibility index (Phi) is 4.72. The van der Waals surface area contributed by atoms with E-state index in [1.807, 2.05) is 53.5 Å². The average Bonchev–Trinajstić information content (AvgIpc) is 3.20. The Morgan fingerprint density at radius 3 is 2.67 bits per heavy atom. The van der Waals surface area contributed by atoms with Crippen LogP contribution in [-0.4, -0.2) is 15.6 Å². The van der Waals surface area contributed by atoms with Gasteiger partial charge in [0, 0.05) is 39.2 Å². The quantitative estimate of drug-likeness (QED) is 0.325. The van der Waals surface area contributed by atoms with Crippen LogP contribution in [0.25, 0.3) is 0 Å². The van der Waals surface area contributed by atoms with Crippen molar-refractivity contribution in [2.45, 2.75) is 18.7 Å². The van der Waals surface area contributed by atoms with Crippen molar-refractivity contribution < 1.29 is 9.66 Å². The Morgan fingerprint density at radius 2 is 1.90 bits per heavy atom. The molecule has 0 aliphatic carbocycles. The largest absolute Gasteiger partial charge is 0.464 e. The number of benzene rings is 3. The molecule has 0 aromatic heterocycles. The number of non-ortho nitro benzene ring substituents is 1. The predicted molar refractivity (Wildman–Crippen MR) is 118 cm³/mol. The van der Waals surface area contributed by atoms with Gasteiger partial charge < -0.3 is 4.74 Å². The highest BCUT2D eigenvalue weighted by molar-refractivity contribution is 9.10. The van der Waals surface area contributed by atoms with Gasteiger partial charge in [-0.1, -0.05) is 57.9 Å². The van der Waals surface area contributed by atoms with Gasteiger partial charge in [-0.2, -0.15) is 5.10 Å². The summed E-state index contributed by atoms with van der Waals surface area (Å²) in [4.78, 5) is 10.9. The maximum Gasteiger partial charge on any atom is 0.270 e. The van der Waals surface area contributed by atoms with Crippen molar-refractivity contribution in [2.75, 3.05) is 0 Å². The molecule has 0 fully saturated rings. The minimum atomic E-state index is -0.669. The number of hydrogen-bond acceptors (Lipinski definition) is 5. The third kappa shape index (κ3) is 3.24. The van der Waals surface area contributed by atoms with Gasteiger partial charge in [-0.3, -0.25) is 10.1 Å². The number of hydrogen-bond donors (Lipinski definition) is 0. The van der Waals surface area contributed by atoms with E-state index >= 15 is 0 Å². The van der Waals surface area contributed by atoms with Gasteiger partial charge >= 0.3 is 0 Å². The number of nitrogens with zero attached hydrogens (tertiary/aromatic N) is 3. The smallest absolute Gasteiger partial charge is 0.270 e. The Morgan fingerprint density at radius 1 is 1.10 bits per heavy atom. The lowest BCUT2D eigenvalue weighted by Gasteiger charge is -2.38. The summed E-state index contributed by atoms with van der Waals surface area (Å²) in [7, 11) is 0. The van der Waals surface area contributed by atoms with Crippen LogP contribution in [-0.2, 0) is 0 Å². The van der Waals surface area contributed by atoms with Gasteiger partial charge in [0.1, 0.15) is 5.75 Å². The number of ether oxygens (including phenoxy) is 1. The van der Waals surface area contributed by atoms with Crippen LogP contribution in [0, 0.1) is 10.1 Å². The lowest BCUT2D eigenvalue weighted by molar-refractivity contribution is -0.385. The first kappa shape index (κ1) is 19.1. The van der Waals surface area contributed by atoms with Gasteiger partial charge in [0.15, 0.2) is 0 Å². The van der Waals surface area contributed by atoms with Crippen LogP contribution in [0.5, 0.6) is 5.75 Å². The van der Waals surface area contributed by atoms with Crippen LogP contribution < -0.4 is 4.74 Å². The summed E-state index contributed by atoms with van der Waals surface area (Å²) in [5, 5.41) is 18.4. The molecule has 0 amide bonds. The maximum absolute atomic E-state index is 11.3. The Hall–Kier alpha value is -2.90. The minimum absolute atomic E-state index is 0.0392. The molecule has 30 heavy (non-hydrogen) atoms. The molecule has 3 aromatic carbocycles. The van der Waals surface area contributed by atoms with Gasteiger partial charge in [-0.25, -0.2) is 5.01 Å². The van der Waals surface area contributed by atoms with Crippen molar-refractivity contribution in [3.63, 3.8) is 0 Å². The second-order valence-corrected chi connectivity index (χ2v) is 8.45. The normalized spacial score (nSPS) is 19.5. The van der Waals surface area contributed by atoms with Gasteiger partial charge in [-0.15, -0.1) is 0 Å². The summed E-state index contributed by atoms with van der Waals surface area (Å²) < 4.78 is 7.23. The summed E-state index contributed by atoms with van der Waals surface area (Å²) >= 11 is 9.98. The highest BCUT2D eigenvalue weighted by atomic mass is 79.9. The van der Waals surface area contributed by atoms with Gasteiger partial charge in [-0.05, 0) is 29.8 Å². The Bertz CT molecular complexity index is 1190. The summed E-state index contributed by atoms with van der Waals surface area (Å²) in [6, 6.07) is 20.1. The fraction of sp³-hybridized carbons (Fsp3) is 0.136. The predicted octanol–water partition coefficient (Wildman–Crippen LogP) is 6.25. The lowest BCUT2D eigenvalue weighted by Crippen LogP contribution is -2.34. The van der Waals surface area contributed by atoms with Crippen molar-refractivity contribution in [3.8, 4) is 5.75 Å². The molecule has 6 nitrogen and oxygen atoms in total. The van der Waals surface area contributed by atoms with E-state index in [1.54, 1.807) is 0 Å². The third-order valence-corrected chi connectivity index (χ3v) is 6.15. The van der Waals surface area contributed by atoms with E-state index in [1.165, 1.54) is 18.2 Å². The highest BCUT2D eigenvalue weighted by Crippen LogP contribution is 2.49. The van der Waals surface area contributed by atoms with Crippen molar-refractivity contribution in [1.29, 1.82) is 0 Å². The van der Waals surface area contributed by atoms with E-state index < -0.39 is 11.2 Å². The molecule has 0 unspecified atom stereocenters. The van der Waals surface area contributed by atoms with Crippen molar-refractivity contribution in [3.05, 3.63) is 103 Å². The first-order valence-electron chi connectivity index (χ1n) is 9.32. The fourth-order valence-electron chi connectivity index (χ4n) is 3.90. The number of fused-ring (bicyclic) bond motifs is 3. The van der Waals surface area contributed by atoms with Crippen molar-refractivity contribution >= 4 is 38.9 Å². The Balaban J connectivity index is 1.64. The van der Waals surface area contributed by atoms with E-state index in [-0.39, 0.29) is 11.7 Å². The van der Waals surface area contributed by atoms with Crippen molar-refractivity contribution in [1.82, 2.24) is 5.01 Å². The second-order valence-electron chi connectivity index (χ2n) is 7.13. The van der Waals surface area contributed by atoms with Gasteiger partial charge in [0.05, 0.1) is 16.7 Å². The number of halogens is 2. The van der Waals surface area contributed by atoms with Crippen LogP contribution >= 0.6 is 27.5 Å². The first-order chi connectivity index (χ1) is 14.5. The molecule has 8 heteroatoms. The summed E-state index contributed by atoms with van der Waals surface area (Å²) in [6.07, 6.45) is 0.0251. The fourth-order valence-corrected chi connectivity index (χ4v) is 4.49. The molecule has 0 spiro atoms. The number of nitro benzene ring substituents is 1. The zero-order valence-electron chi connectivity index (χ0n) is 15.5. The van der Waals surface area contributed by atoms with Gasteiger partial charge in [0.25, 0.3) is 5.69 Å². The molecule has 150 valence electrons. The molecular weight excluding hydrogens is 470 g/mol. The summed E-state index contributed by atoms with van der Waals surface area (Å²) in [5.74, 6) is 0.719. The molecule has 2 atom stereocenters. The highest BCUT2D eigenvalue weighted by Gasteiger charge is 2.42. The standard InChI is InChI=1S/C22H15BrClN3O3/c23-14-6-9-21-17(10-14)20-12-19(13-4-2-1-3-5-13)25-26(20)22(30-21)16-11-15(27(28)29)7-8-18(16)24/h1-11,20,22H,12H2/t20-,22+/m1/s1. The minimum Gasteiger partial charge on any atom is -0.464 e. The lowest BCUT2D eigenvalue weighted by atomic mass is 9.96. The Labute approximate surface area is 186 Å². The average molecular weight is 485 g/mol. The number of hydrazone groups is 1. The monoisotopic (exact) mass is 483 g/mol. The first-order valence-corrected chi connectivity index (χ1v) is 10.5. The topological polar surface area (TPSA) is 68.0 Å². The molecule has 2 aliphatic heterocycles. The molecule has 2 aliphatic rings. The van der Waals surface area contributed by atoms with E-state index in [4.69, 9.17) is 21.4 Å². The zero-order valence-corrected chi connectivity index (χ0v) is 17.9. The molecule has 0 saturated carbocycles. The molecule has 0 N–H and O–H groups in total. The molecule has 5 rings (SSSR count). The van der Waals surface area contributed by atoms with Crippen LogP contribution in [0.3, 0.4) is 0 Å². The number of nitro groups is 1. The molecule has 2 heterocycles. The zero-order chi connectivity index (χ0) is 20.8. The molecule has 0 radical (unpaired) electrons. The SMILES string of the molecule is O=[N+]([O-])c1ccc(Cl)c([C@@H]2Oc3ccc(Br)cc3[C@H]3CC(c4ccccc4)=NN32)c1. The van der Waals surface area contributed by atoms with E-state index in [2.05, 4.69) is 15.9 Å². The van der Waals surface area contributed by atoms with Crippen LogP contribution in [0.15, 0.2) is 76.3 Å². The maximum atomic E-state index is 11.3. The molecular formula is C22H15BrClN3O3. The third-order valence-electron chi connectivity index (χ3n) is 5.32. The van der Waals surface area contributed by atoms with E-state index in [9.17, 15) is 10.1 Å². The van der Waals surface area contributed by atoms with Crippen LogP contribution in [0.1, 0.15) is 35.4 Å². The van der Waals surface area contributed by atoms with E-state index in [0.29, 0.717) is 17.0 Å². The second kappa shape index (κ2) is 7.41. The van der Waals surface area contributed by atoms with Gasteiger partial charge in [0.2, 0.25) is 6.23 Å². The van der Waals surface area contributed by atoms with Crippen LogP contribution in [0.4, 0.5) is 5.69 Å². The van der Waals surface area contributed by atoms with Crippen LogP contribution in [0.2, 0.25) is 5.02 Å². The summed E-state index contributed by atoms with van der Waals surface area (Å²) in [6.45, 7) is 0. The van der Waals surface area contributed by atoms with Crippen molar-refractivity contribution in [2.24, 2.45) is 5.10 Å². The molecule has 3 aromatic rings. The van der Waals surface area contributed by atoms with E-state index in [0.717, 1.165) is 27.1 Å². The number of rotatable bonds is 3. The summed E-state index contributed by atoms with van der Waals surface area (Å²) in [5.41, 5.74) is 3.46. The molecule has 0 bridgehead atoms. The molecule has 0 saturated heterocycles.